The zero-order chi connectivity index (χ0) is 13.2. The Hall–Kier alpha value is -1.47. The van der Waals surface area contributed by atoms with Gasteiger partial charge in [0.1, 0.15) is 6.33 Å². The van der Waals surface area contributed by atoms with Crippen LogP contribution in [-0.2, 0) is 13.5 Å². The minimum Gasteiger partial charge on any atom is -0.361 e. The quantitative estimate of drug-likeness (QED) is 0.795. The van der Waals surface area contributed by atoms with E-state index in [4.69, 9.17) is 0 Å². The van der Waals surface area contributed by atoms with Crippen LogP contribution in [0.15, 0.2) is 29.0 Å². The molecule has 1 aromatic carbocycles. The molecule has 0 aliphatic heterocycles. The van der Waals surface area contributed by atoms with Crippen LogP contribution in [0, 0.1) is 0 Å². The molecule has 0 amide bonds. The van der Waals surface area contributed by atoms with E-state index in [1.54, 1.807) is 22.3 Å². The maximum Gasteiger partial charge on any atom is 0.183 e. The van der Waals surface area contributed by atoms with Crippen molar-refractivity contribution in [2.24, 2.45) is 7.05 Å². The molecule has 0 bridgehead atoms. The van der Waals surface area contributed by atoms with Crippen LogP contribution in [0.3, 0.4) is 0 Å². The molecule has 0 unspecified atom stereocenters. The first-order valence-electron chi connectivity index (χ1n) is 5.85. The number of fused-ring (bicyclic) bond motifs is 1. The molecule has 1 N–H and O–H groups in total. The molecule has 0 fully saturated rings. The number of nitrogens with one attached hydrogen (secondary N) is 1. The van der Waals surface area contributed by atoms with Crippen molar-refractivity contribution in [2.45, 2.75) is 6.42 Å². The molecule has 0 aliphatic rings. The highest BCUT2D eigenvalue weighted by Gasteiger charge is 2.04. The van der Waals surface area contributed by atoms with Crippen LogP contribution < -0.4 is 5.32 Å². The second-order valence-electron chi connectivity index (χ2n) is 4.14. The van der Waals surface area contributed by atoms with Crippen molar-refractivity contribution in [3.05, 3.63) is 34.8 Å². The third kappa shape index (κ3) is 2.93. The molecule has 19 heavy (non-hydrogen) atoms. The van der Waals surface area contributed by atoms with Crippen LogP contribution in [-0.4, -0.2) is 26.3 Å². The molecule has 0 saturated carbocycles. The first-order valence-corrected chi connectivity index (χ1v) is 7.46. The lowest BCUT2D eigenvalue weighted by Crippen LogP contribution is -2.06. The number of benzene rings is 1. The molecular formula is C12H12BrN5S. The summed E-state index contributed by atoms with van der Waals surface area (Å²) in [5.74, 6) is 0.846. The van der Waals surface area contributed by atoms with Gasteiger partial charge in [0.25, 0.3) is 0 Å². The molecule has 2 heterocycles. The van der Waals surface area contributed by atoms with Gasteiger partial charge in [-0.05, 0) is 18.2 Å². The van der Waals surface area contributed by atoms with Crippen molar-refractivity contribution in [1.29, 1.82) is 0 Å². The zero-order valence-electron chi connectivity index (χ0n) is 10.3. The van der Waals surface area contributed by atoms with Crippen LogP contribution in [0.4, 0.5) is 5.13 Å². The lowest BCUT2D eigenvalue weighted by Gasteiger charge is -1.98. The van der Waals surface area contributed by atoms with Gasteiger partial charge in [-0.3, -0.25) is 4.68 Å². The molecule has 2 aromatic heterocycles. The number of anilines is 1. The summed E-state index contributed by atoms with van der Waals surface area (Å²) in [5.41, 5.74) is 1.02. The molecule has 3 aromatic rings. The van der Waals surface area contributed by atoms with Gasteiger partial charge in [0, 0.05) is 24.5 Å². The smallest absolute Gasteiger partial charge is 0.183 e. The van der Waals surface area contributed by atoms with Crippen molar-refractivity contribution in [1.82, 2.24) is 19.7 Å². The van der Waals surface area contributed by atoms with Gasteiger partial charge in [0.15, 0.2) is 11.0 Å². The van der Waals surface area contributed by atoms with E-state index in [0.29, 0.717) is 0 Å². The summed E-state index contributed by atoms with van der Waals surface area (Å²) in [4.78, 5) is 8.72. The number of thiazole rings is 1. The fourth-order valence-corrected chi connectivity index (χ4v) is 3.20. The summed E-state index contributed by atoms with van der Waals surface area (Å²) in [5, 5.41) is 8.49. The average Bonchev–Trinajstić information content (AvgIpc) is 2.95. The Bertz CT molecular complexity index is 705. The summed E-state index contributed by atoms with van der Waals surface area (Å²) >= 11 is 5.12. The van der Waals surface area contributed by atoms with E-state index in [-0.39, 0.29) is 0 Å². The van der Waals surface area contributed by atoms with E-state index in [2.05, 4.69) is 42.4 Å². The highest BCUT2D eigenvalue weighted by Crippen LogP contribution is 2.28. The predicted molar refractivity (Wildman–Crippen MR) is 80.5 cm³/mol. The van der Waals surface area contributed by atoms with E-state index >= 15 is 0 Å². The molecule has 0 saturated heterocycles. The van der Waals surface area contributed by atoms with Gasteiger partial charge in [-0.15, -0.1) is 0 Å². The van der Waals surface area contributed by atoms with Crippen LogP contribution in [0.2, 0.25) is 0 Å². The molecule has 0 radical (unpaired) electrons. The normalized spacial score (nSPS) is 11.1. The fraction of sp³-hybridized carbons (Fsp3) is 0.250. The van der Waals surface area contributed by atoms with Crippen LogP contribution in [0.1, 0.15) is 5.82 Å². The monoisotopic (exact) mass is 337 g/mol. The number of rotatable bonds is 4. The molecule has 98 valence electrons. The number of hydrogen-bond acceptors (Lipinski definition) is 5. The minimum atomic E-state index is 0.783. The average molecular weight is 338 g/mol. The third-order valence-electron chi connectivity index (χ3n) is 2.62. The van der Waals surface area contributed by atoms with E-state index in [0.717, 1.165) is 33.9 Å². The summed E-state index contributed by atoms with van der Waals surface area (Å²) in [6.45, 7) is 0.783. The Morgan fingerprint density at radius 3 is 3.11 bits per heavy atom. The maximum absolute atomic E-state index is 4.53. The Balaban J connectivity index is 1.65. The van der Waals surface area contributed by atoms with Crippen LogP contribution in [0.25, 0.3) is 10.2 Å². The number of aryl methyl sites for hydroxylation is 1. The third-order valence-corrected chi connectivity index (χ3v) is 4.09. The SMILES string of the molecule is Cn1cnc(CCNc2nc3ccc(Br)cc3s2)n1. The fourth-order valence-electron chi connectivity index (χ4n) is 1.75. The summed E-state index contributed by atoms with van der Waals surface area (Å²) in [6, 6.07) is 6.10. The zero-order valence-corrected chi connectivity index (χ0v) is 12.7. The van der Waals surface area contributed by atoms with Gasteiger partial charge >= 0.3 is 0 Å². The predicted octanol–water partition coefficient (Wildman–Crippen LogP) is 2.84. The standard InChI is InChI=1S/C12H12BrN5S/c1-18-7-15-11(17-18)4-5-14-12-16-9-3-2-8(13)6-10(9)19-12/h2-3,6-7H,4-5H2,1H3,(H,14,16). The molecule has 0 spiro atoms. The molecule has 3 rings (SSSR count). The maximum atomic E-state index is 4.53. The number of aromatic nitrogens is 4. The Morgan fingerprint density at radius 1 is 1.42 bits per heavy atom. The molecule has 7 heteroatoms. The van der Waals surface area contributed by atoms with Gasteiger partial charge in [-0.1, -0.05) is 27.3 Å². The van der Waals surface area contributed by atoms with Gasteiger partial charge in [-0.2, -0.15) is 5.10 Å². The van der Waals surface area contributed by atoms with Gasteiger partial charge in [-0.25, -0.2) is 9.97 Å². The highest BCUT2D eigenvalue weighted by molar-refractivity contribution is 9.10. The molecule has 0 aliphatic carbocycles. The van der Waals surface area contributed by atoms with Crippen molar-refractivity contribution in [2.75, 3.05) is 11.9 Å². The van der Waals surface area contributed by atoms with E-state index in [9.17, 15) is 0 Å². The van der Waals surface area contributed by atoms with E-state index in [1.807, 2.05) is 19.2 Å². The summed E-state index contributed by atoms with van der Waals surface area (Å²) in [6.07, 6.45) is 2.50. The minimum absolute atomic E-state index is 0.783. The molecule has 0 atom stereocenters. The van der Waals surface area contributed by atoms with Crippen LogP contribution in [0.5, 0.6) is 0 Å². The van der Waals surface area contributed by atoms with Gasteiger partial charge < -0.3 is 5.32 Å². The highest BCUT2D eigenvalue weighted by atomic mass is 79.9. The summed E-state index contributed by atoms with van der Waals surface area (Å²) < 4.78 is 3.96. The molecule has 5 nitrogen and oxygen atoms in total. The van der Waals surface area contributed by atoms with Crippen molar-refractivity contribution in [3.8, 4) is 0 Å². The van der Waals surface area contributed by atoms with E-state index < -0.39 is 0 Å². The Kier molecular flexibility index (Phi) is 3.48. The van der Waals surface area contributed by atoms with Gasteiger partial charge in [0.2, 0.25) is 0 Å². The second-order valence-corrected chi connectivity index (χ2v) is 6.09. The summed E-state index contributed by atoms with van der Waals surface area (Å²) in [7, 11) is 1.87. The largest absolute Gasteiger partial charge is 0.361 e. The van der Waals surface area contributed by atoms with Crippen LogP contribution >= 0.6 is 27.3 Å². The molecular weight excluding hydrogens is 326 g/mol. The lowest BCUT2D eigenvalue weighted by atomic mass is 10.3. The lowest BCUT2D eigenvalue weighted by molar-refractivity contribution is 0.742. The van der Waals surface area contributed by atoms with Gasteiger partial charge in [0.05, 0.1) is 10.2 Å². The Morgan fingerprint density at radius 2 is 2.32 bits per heavy atom. The number of halogens is 1. The first-order chi connectivity index (χ1) is 9.20. The van der Waals surface area contributed by atoms with Crippen molar-refractivity contribution in [3.63, 3.8) is 0 Å². The van der Waals surface area contributed by atoms with Crippen molar-refractivity contribution >= 4 is 42.6 Å². The number of hydrogen-bond donors (Lipinski definition) is 1. The second kappa shape index (κ2) is 5.26. The van der Waals surface area contributed by atoms with Crippen molar-refractivity contribution < 1.29 is 0 Å². The topological polar surface area (TPSA) is 55.6 Å². The first kappa shape index (κ1) is 12.6. The Labute approximate surface area is 122 Å². The number of nitrogens with zero attached hydrogens (tertiary/aromatic N) is 4. The van der Waals surface area contributed by atoms with E-state index in [1.165, 1.54) is 4.70 Å².